The van der Waals surface area contributed by atoms with Crippen molar-refractivity contribution < 1.29 is 25.6 Å². The molecule has 10 heteroatoms. The van der Waals surface area contributed by atoms with E-state index in [1.54, 1.807) is 6.92 Å². The van der Waals surface area contributed by atoms with Crippen LogP contribution in [0.5, 0.6) is 0 Å². The van der Waals surface area contributed by atoms with Gasteiger partial charge in [0.25, 0.3) is 10.0 Å². The summed E-state index contributed by atoms with van der Waals surface area (Å²) < 4.78 is 76.2. The van der Waals surface area contributed by atoms with Crippen LogP contribution in [0.1, 0.15) is 12.5 Å². The topological polar surface area (TPSA) is 97.5 Å². The summed E-state index contributed by atoms with van der Waals surface area (Å²) in [6.07, 6.45) is 0.265. The SMILES string of the molecule is CC1Cc2cc(S(N)(=O)=O)ccc2N1S(=O)(=O)c1ccc(F)c(F)c1. The van der Waals surface area contributed by atoms with Crippen LogP contribution < -0.4 is 9.44 Å². The average molecular weight is 388 g/mol. The minimum absolute atomic E-state index is 0.120. The Labute approximate surface area is 144 Å². The average Bonchev–Trinajstić information content (AvgIpc) is 2.84. The molecule has 0 bridgehead atoms. The van der Waals surface area contributed by atoms with Crippen molar-refractivity contribution in [1.82, 2.24) is 0 Å². The van der Waals surface area contributed by atoms with Crippen molar-refractivity contribution >= 4 is 25.7 Å². The summed E-state index contributed by atoms with van der Waals surface area (Å²) in [5.41, 5.74) is 0.773. The van der Waals surface area contributed by atoms with E-state index in [9.17, 15) is 25.6 Å². The Bertz CT molecular complexity index is 1070. The number of primary sulfonamides is 1. The Morgan fingerprint density at radius 1 is 1.00 bits per heavy atom. The van der Waals surface area contributed by atoms with Crippen LogP contribution in [0.15, 0.2) is 46.2 Å². The number of hydrogen-bond donors (Lipinski definition) is 1. The summed E-state index contributed by atoms with van der Waals surface area (Å²) in [6, 6.07) is 5.70. The first-order valence-corrected chi connectivity index (χ1v) is 10.2. The molecule has 0 fully saturated rings. The van der Waals surface area contributed by atoms with Gasteiger partial charge in [0, 0.05) is 6.04 Å². The van der Waals surface area contributed by atoms with Crippen LogP contribution in [0.25, 0.3) is 0 Å². The number of halogens is 2. The molecule has 2 N–H and O–H groups in total. The highest BCUT2D eigenvalue weighted by molar-refractivity contribution is 7.93. The quantitative estimate of drug-likeness (QED) is 0.866. The van der Waals surface area contributed by atoms with Crippen molar-refractivity contribution in [3.8, 4) is 0 Å². The zero-order valence-corrected chi connectivity index (χ0v) is 14.6. The fourth-order valence-corrected chi connectivity index (χ4v) is 5.14. The van der Waals surface area contributed by atoms with Gasteiger partial charge in [-0.15, -0.1) is 0 Å². The van der Waals surface area contributed by atoms with E-state index in [-0.39, 0.29) is 21.9 Å². The number of nitrogens with two attached hydrogens (primary N) is 1. The van der Waals surface area contributed by atoms with Crippen molar-refractivity contribution in [3.05, 3.63) is 53.6 Å². The monoisotopic (exact) mass is 388 g/mol. The second-order valence-electron chi connectivity index (χ2n) is 5.77. The molecule has 25 heavy (non-hydrogen) atoms. The standard InChI is InChI=1S/C15H14F2N2O4S2/c1-9-6-10-7-11(24(18,20)21)3-5-15(10)19(9)25(22,23)12-2-4-13(16)14(17)8-12/h2-5,7-9H,6H2,1H3,(H2,18,20,21). The number of nitrogens with zero attached hydrogens (tertiary/aromatic N) is 1. The molecule has 0 aromatic heterocycles. The highest BCUT2D eigenvalue weighted by Gasteiger charge is 2.37. The molecule has 1 aliphatic rings. The van der Waals surface area contributed by atoms with E-state index in [2.05, 4.69) is 0 Å². The van der Waals surface area contributed by atoms with E-state index < -0.39 is 37.7 Å². The number of fused-ring (bicyclic) bond motifs is 1. The maximum Gasteiger partial charge on any atom is 0.264 e. The molecule has 0 spiro atoms. The fraction of sp³-hybridized carbons (Fsp3) is 0.200. The van der Waals surface area contributed by atoms with Crippen LogP contribution in [-0.2, 0) is 26.5 Å². The minimum atomic E-state index is -4.14. The second-order valence-corrected chi connectivity index (χ2v) is 9.14. The van der Waals surface area contributed by atoms with Gasteiger partial charge in [0.05, 0.1) is 15.5 Å². The Morgan fingerprint density at radius 3 is 2.24 bits per heavy atom. The third-order valence-corrected chi connectivity index (χ3v) is 6.82. The molecule has 0 aliphatic carbocycles. The first kappa shape index (κ1) is 17.8. The minimum Gasteiger partial charge on any atom is -0.263 e. The molecule has 0 amide bonds. The van der Waals surface area contributed by atoms with E-state index in [0.717, 1.165) is 16.4 Å². The lowest BCUT2D eigenvalue weighted by Crippen LogP contribution is -2.35. The van der Waals surface area contributed by atoms with Gasteiger partial charge in [-0.2, -0.15) is 0 Å². The molecular formula is C15H14F2N2O4S2. The van der Waals surface area contributed by atoms with E-state index in [1.807, 2.05) is 0 Å². The first-order chi connectivity index (χ1) is 11.5. The molecule has 0 saturated heterocycles. The maximum atomic E-state index is 13.4. The largest absolute Gasteiger partial charge is 0.264 e. The van der Waals surface area contributed by atoms with Gasteiger partial charge in [-0.05, 0) is 55.3 Å². The Morgan fingerprint density at radius 2 is 1.64 bits per heavy atom. The summed E-state index contributed by atoms with van der Waals surface area (Å²) in [6.45, 7) is 1.63. The fourth-order valence-electron chi connectivity index (χ4n) is 2.87. The molecule has 0 radical (unpaired) electrons. The van der Waals surface area contributed by atoms with E-state index in [0.29, 0.717) is 11.6 Å². The van der Waals surface area contributed by atoms with E-state index >= 15 is 0 Å². The third-order valence-electron chi connectivity index (χ3n) is 3.98. The Hall–Kier alpha value is -2.04. The number of rotatable bonds is 3. The van der Waals surface area contributed by atoms with Crippen LogP contribution in [0.3, 0.4) is 0 Å². The van der Waals surface area contributed by atoms with Crippen molar-refractivity contribution in [2.75, 3.05) is 4.31 Å². The van der Waals surface area contributed by atoms with Crippen molar-refractivity contribution in [3.63, 3.8) is 0 Å². The van der Waals surface area contributed by atoms with Crippen molar-refractivity contribution in [2.24, 2.45) is 5.14 Å². The van der Waals surface area contributed by atoms with Crippen LogP contribution in [0.2, 0.25) is 0 Å². The smallest absolute Gasteiger partial charge is 0.263 e. The molecular weight excluding hydrogens is 374 g/mol. The van der Waals surface area contributed by atoms with Crippen LogP contribution in [0.4, 0.5) is 14.5 Å². The van der Waals surface area contributed by atoms with Gasteiger partial charge in [0.1, 0.15) is 0 Å². The molecule has 1 heterocycles. The number of hydrogen-bond acceptors (Lipinski definition) is 4. The third kappa shape index (κ3) is 3.00. The maximum absolute atomic E-state index is 13.4. The molecule has 0 saturated carbocycles. The highest BCUT2D eigenvalue weighted by Crippen LogP contribution is 2.37. The van der Waals surface area contributed by atoms with Gasteiger partial charge in [0.15, 0.2) is 11.6 Å². The first-order valence-electron chi connectivity index (χ1n) is 7.17. The normalized spacial score (nSPS) is 17.6. The number of benzene rings is 2. The summed E-state index contributed by atoms with van der Waals surface area (Å²) in [4.78, 5) is -0.507. The zero-order valence-electron chi connectivity index (χ0n) is 13.0. The number of anilines is 1. The molecule has 2 aromatic rings. The molecule has 1 aliphatic heterocycles. The van der Waals surface area contributed by atoms with Gasteiger partial charge in [-0.3, -0.25) is 4.31 Å². The lowest BCUT2D eigenvalue weighted by atomic mass is 10.1. The zero-order chi connectivity index (χ0) is 18.6. The highest BCUT2D eigenvalue weighted by atomic mass is 32.2. The van der Waals surface area contributed by atoms with Crippen LogP contribution in [-0.4, -0.2) is 22.9 Å². The van der Waals surface area contributed by atoms with E-state index in [1.165, 1.54) is 18.2 Å². The van der Waals surface area contributed by atoms with Crippen molar-refractivity contribution in [1.29, 1.82) is 0 Å². The lowest BCUT2D eigenvalue weighted by molar-refractivity contribution is 0.504. The molecule has 3 rings (SSSR count). The van der Waals surface area contributed by atoms with Crippen LogP contribution >= 0.6 is 0 Å². The van der Waals surface area contributed by atoms with Crippen molar-refractivity contribution in [2.45, 2.75) is 29.2 Å². The van der Waals surface area contributed by atoms with Gasteiger partial charge in [-0.1, -0.05) is 0 Å². The summed E-state index contributed by atoms with van der Waals surface area (Å²) in [5.74, 6) is -2.41. The molecule has 2 aromatic carbocycles. The van der Waals surface area contributed by atoms with Crippen LogP contribution in [0, 0.1) is 11.6 Å². The molecule has 1 unspecified atom stereocenters. The molecule has 1 atom stereocenters. The lowest BCUT2D eigenvalue weighted by Gasteiger charge is -2.24. The Kier molecular flexibility index (Phi) is 4.09. The summed E-state index contributed by atoms with van der Waals surface area (Å²) in [5, 5.41) is 5.09. The van der Waals surface area contributed by atoms with E-state index in [4.69, 9.17) is 5.14 Å². The number of sulfonamides is 2. The van der Waals surface area contributed by atoms with Gasteiger partial charge < -0.3 is 0 Å². The molecule has 134 valence electrons. The molecule has 6 nitrogen and oxygen atoms in total. The van der Waals surface area contributed by atoms with Gasteiger partial charge in [0.2, 0.25) is 10.0 Å². The van der Waals surface area contributed by atoms with Gasteiger partial charge in [-0.25, -0.2) is 30.8 Å². The predicted molar refractivity (Wildman–Crippen MR) is 87.0 cm³/mol. The summed E-state index contributed by atoms with van der Waals surface area (Å²) in [7, 11) is -8.06. The summed E-state index contributed by atoms with van der Waals surface area (Å²) >= 11 is 0. The predicted octanol–water partition coefficient (Wildman–Crippen LogP) is 1.75. The Balaban J connectivity index is 2.11. The van der Waals surface area contributed by atoms with Gasteiger partial charge >= 0.3 is 0 Å². The second kappa shape index (κ2) is 5.75.